The van der Waals surface area contributed by atoms with Crippen LogP contribution in [0.2, 0.25) is 0 Å². The van der Waals surface area contributed by atoms with Crippen molar-refractivity contribution < 1.29 is 75.9 Å². The summed E-state index contributed by atoms with van der Waals surface area (Å²) in [6.45, 7) is 0.836. The molecule has 0 amide bonds. The maximum Gasteiger partial charge on any atom is 1.00 e. The van der Waals surface area contributed by atoms with E-state index < -0.39 is 53.3 Å². The van der Waals surface area contributed by atoms with Crippen LogP contribution >= 0.6 is 0 Å². The first-order valence-corrected chi connectivity index (χ1v) is 9.39. The van der Waals surface area contributed by atoms with E-state index in [1.165, 1.54) is 18.2 Å². The zero-order valence-corrected chi connectivity index (χ0v) is 18.2. The molecule has 5 atom stereocenters. The van der Waals surface area contributed by atoms with Crippen LogP contribution in [-0.4, -0.2) is 65.6 Å². The van der Waals surface area contributed by atoms with Crippen molar-refractivity contribution in [2.45, 2.75) is 37.6 Å². The zero-order valence-electron chi connectivity index (χ0n) is 15.4. The van der Waals surface area contributed by atoms with Gasteiger partial charge in [-0.1, -0.05) is 0 Å². The quantitative estimate of drug-likeness (QED) is 0.178. The molecule has 13 heteroatoms. The van der Waals surface area contributed by atoms with Crippen LogP contribution in [0, 0.1) is 6.92 Å². The Morgan fingerprint density at radius 2 is 1.83 bits per heavy atom. The molecule has 2 heterocycles. The molecule has 29 heavy (non-hydrogen) atoms. The molecule has 0 radical (unpaired) electrons. The Morgan fingerprint density at radius 1 is 1.14 bits per heavy atom. The summed E-state index contributed by atoms with van der Waals surface area (Å²) in [6.07, 6.45) is -8.19. The molecule has 0 spiro atoms. The third-order valence-electron chi connectivity index (χ3n) is 4.22. The standard InChI is InChI=1S/C16H18O11S.Na/c1-7-4-12(17)26-10-5-8(2-3-9(7)10)25-16-15(20)14(19)13(18)11(27-16)6-24-28(21,22)23;/h2-5,11,13-16,18-20H,6H2,1H3,(H,21,22,23);/q;+1/p-1/t11?,13-,14?,15?,16+;/m0./s1. The van der Waals surface area contributed by atoms with E-state index in [0.717, 1.165) is 0 Å². The summed E-state index contributed by atoms with van der Waals surface area (Å²) in [6, 6.07) is 5.79. The predicted octanol–water partition coefficient (Wildman–Crippen LogP) is -4.23. The minimum Gasteiger partial charge on any atom is -0.726 e. The molecule has 3 N–H and O–H groups in total. The van der Waals surface area contributed by atoms with Crippen LogP contribution < -0.4 is 39.9 Å². The minimum absolute atomic E-state index is 0. The van der Waals surface area contributed by atoms with E-state index in [1.54, 1.807) is 13.0 Å². The van der Waals surface area contributed by atoms with Gasteiger partial charge in [-0.15, -0.1) is 0 Å². The minimum atomic E-state index is -5.05. The molecule has 1 saturated heterocycles. The Balaban J connectivity index is 0.00000300. The van der Waals surface area contributed by atoms with Crippen LogP contribution in [0.25, 0.3) is 11.0 Å². The average molecular weight is 440 g/mol. The van der Waals surface area contributed by atoms with Gasteiger partial charge < -0.3 is 33.8 Å². The second-order valence-corrected chi connectivity index (χ2v) is 7.28. The number of hydrogen-bond donors (Lipinski definition) is 3. The van der Waals surface area contributed by atoms with Gasteiger partial charge in [-0.25, -0.2) is 13.2 Å². The van der Waals surface area contributed by atoms with Gasteiger partial charge >= 0.3 is 35.2 Å². The molecular formula is C16H17NaO11S. The fraction of sp³-hybridized carbons (Fsp3) is 0.438. The molecule has 1 aliphatic rings. The summed E-state index contributed by atoms with van der Waals surface area (Å²) in [5.74, 6) is 0.102. The molecule has 3 rings (SSSR count). The Labute approximate surface area is 187 Å². The summed E-state index contributed by atoms with van der Waals surface area (Å²) in [5.41, 5.74) is 0.331. The normalized spacial score (nSPS) is 27.4. The predicted molar refractivity (Wildman–Crippen MR) is 90.2 cm³/mol. The number of fused-ring (bicyclic) bond motifs is 1. The third-order valence-corrected chi connectivity index (χ3v) is 4.64. The van der Waals surface area contributed by atoms with Gasteiger partial charge in [0.2, 0.25) is 16.7 Å². The van der Waals surface area contributed by atoms with Crippen molar-refractivity contribution >= 4 is 21.4 Å². The Bertz CT molecular complexity index is 1020. The first-order chi connectivity index (χ1) is 13.0. The Morgan fingerprint density at radius 3 is 2.48 bits per heavy atom. The Kier molecular flexibility index (Phi) is 7.84. The van der Waals surface area contributed by atoms with Gasteiger partial charge in [-0.05, 0) is 24.6 Å². The van der Waals surface area contributed by atoms with Crippen molar-refractivity contribution in [2.24, 2.45) is 0 Å². The smallest absolute Gasteiger partial charge is 0.726 e. The largest absolute Gasteiger partial charge is 1.00 e. The van der Waals surface area contributed by atoms with Gasteiger partial charge in [0, 0.05) is 17.5 Å². The average Bonchev–Trinajstić information content (AvgIpc) is 2.60. The number of ether oxygens (including phenoxy) is 2. The third kappa shape index (κ3) is 5.76. The number of hydrogen-bond acceptors (Lipinski definition) is 11. The van der Waals surface area contributed by atoms with Crippen molar-refractivity contribution in [3.63, 3.8) is 0 Å². The molecule has 1 aliphatic heterocycles. The number of benzene rings is 1. The maximum atomic E-state index is 11.5. The van der Waals surface area contributed by atoms with Gasteiger partial charge in [-0.3, -0.25) is 4.18 Å². The van der Waals surface area contributed by atoms with E-state index in [2.05, 4.69) is 4.18 Å². The van der Waals surface area contributed by atoms with Gasteiger partial charge in [0.05, 0.1) is 6.61 Å². The van der Waals surface area contributed by atoms with E-state index in [4.69, 9.17) is 13.9 Å². The molecule has 1 aromatic heterocycles. The van der Waals surface area contributed by atoms with Crippen LogP contribution in [0.15, 0.2) is 33.5 Å². The second-order valence-electron chi connectivity index (χ2n) is 6.23. The van der Waals surface area contributed by atoms with Crippen molar-refractivity contribution in [3.05, 3.63) is 40.2 Å². The molecule has 1 fully saturated rings. The fourth-order valence-electron chi connectivity index (χ4n) is 2.81. The zero-order chi connectivity index (χ0) is 20.6. The van der Waals surface area contributed by atoms with Crippen LogP contribution in [0.1, 0.15) is 5.56 Å². The summed E-state index contributed by atoms with van der Waals surface area (Å²) in [4.78, 5) is 11.5. The van der Waals surface area contributed by atoms with Gasteiger partial charge in [0.25, 0.3) is 0 Å². The molecular weight excluding hydrogens is 423 g/mol. The Hall–Kier alpha value is -1.06. The molecule has 3 unspecified atom stereocenters. The van der Waals surface area contributed by atoms with Crippen LogP contribution in [0.3, 0.4) is 0 Å². The number of aliphatic hydroxyl groups excluding tert-OH is 3. The van der Waals surface area contributed by atoms with Crippen LogP contribution in [-0.2, 0) is 19.3 Å². The summed E-state index contributed by atoms with van der Waals surface area (Å²) < 4.78 is 51.6. The van der Waals surface area contributed by atoms with E-state index >= 15 is 0 Å². The summed E-state index contributed by atoms with van der Waals surface area (Å²) in [7, 11) is -5.05. The SMILES string of the molecule is Cc1cc(=O)oc2cc(O[C@@H]3OC(COS(=O)(=O)[O-])[C@H](O)C(O)C3O)ccc12.[Na+]. The summed E-state index contributed by atoms with van der Waals surface area (Å²) in [5, 5.41) is 30.5. The summed E-state index contributed by atoms with van der Waals surface area (Å²) >= 11 is 0. The number of aryl methyl sites for hydroxylation is 1. The molecule has 11 nitrogen and oxygen atoms in total. The molecule has 154 valence electrons. The fourth-order valence-corrected chi connectivity index (χ4v) is 3.12. The number of aliphatic hydroxyl groups is 3. The molecule has 0 bridgehead atoms. The monoisotopic (exact) mass is 440 g/mol. The van der Waals surface area contributed by atoms with E-state index in [-0.39, 0.29) is 40.9 Å². The van der Waals surface area contributed by atoms with E-state index in [0.29, 0.717) is 10.9 Å². The van der Waals surface area contributed by atoms with Crippen molar-refractivity contribution in [1.82, 2.24) is 0 Å². The van der Waals surface area contributed by atoms with Gasteiger partial charge in [-0.2, -0.15) is 0 Å². The molecule has 1 aromatic carbocycles. The first kappa shape index (κ1) is 24.2. The van der Waals surface area contributed by atoms with E-state index in [9.17, 15) is 33.1 Å². The first-order valence-electron chi connectivity index (χ1n) is 8.06. The van der Waals surface area contributed by atoms with Crippen LogP contribution in [0.4, 0.5) is 0 Å². The molecule has 2 aromatic rings. The van der Waals surface area contributed by atoms with Crippen molar-refractivity contribution in [2.75, 3.05) is 6.61 Å². The molecule has 0 aliphatic carbocycles. The van der Waals surface area contributed by atoms with Crippen molar-refractivity contribution in [1.29, 1.82) is 0 Å². The van der Waals surface area contributed by atoms with Crippen molar-refractivity contribution in [3.8, 4) is 5.75 Å². The molecule has 0 saturated carbocycles. The van der Waals surface area contributed by atoms with Gasteiger partial charge in [0.1, 0.15) is 35.7 Å². The van der Waals surface area contributed by atoms with Gasteiger partial charge in [0.15, 0.2) is 0 Å². The maximum absolute atomic E-state index is 11.5. The van der Waals surface area contributed by atoms with E-state index in [1.807, 2.05) is 0 Å². The number of rotatable bonds is 5. The second kappa shape index (κ2) is 9.39. The topological polar surface area (TPSA) is 176 Å². The van der Waals surface area contributed by atoms with Crippen LogP contribution in [0.5, 0.6) is 5.75 Å².